The first-order chi connectivity index (χ1) is 7.44. The Morgan fingerprint density at radius 2 is 1.38 bits per heavy atom. The molecular weight excluding hydrogens is 218 g/mol. The van der Waals surface area contributed by atoms with E-state index in [1.165, 1.54) is 0 Å². The lowest BCUT2D eigenvalue weighted by Crippen LogP contribution is -2.64. The summed E-state index contributed by atoms with van der Waals surface area (Å²) in [6, 6.07) is 9.81. The van der Waals surface area contributed by atoms with Gasteiger partial charge in [0.1, 0.15) is 0 Å². The third kappa shape index (κ3) is 3.72. The van der Waals surface area contributed by atoms with Crippen LogP contribution in [0.2, 0.25) is 0 Å². The van der Waals surface area contributed by atoms with Crippen LogP contribution < -0.4 is 10.6 Å². The van der Waals surface area contributed by atoms with E-state index in [9.17, 15) is 0 Å². The fourth-order valence-electron chi connectivity index (χ4n) is 1.53. The summed E-state index contributed by atoms with van der Waals surface area (Å²) in [7, 11) is -2.75. The third-order valence-electron chi connectivity index (χ3n) is 2.00. The topological polar surface area (TPSA) is 44.5 Å². The zero-order valence-electron chi connectivity index (χ0n) is 10.4. The molecular formula is C12H21NO2Si. The molecule has 2 N–H and O–H groups in total. The van der Waals surface area contributed by atoms with Crippen molar-refractivity contribution in [3.05, 3.63) is 30.3 Å². The Kier molecular flexibility index (Phi) is 4.67. The molecule has 0 unspecified atom stereocenters. The smallest absolute Gasteiger partial charge is 0.377 e. The fraction of sp³-hybridized carbons (Fsp3) is 0.500. The minimum atomic E-state index is -2.75. The van der Waals surface area contributed by atoms with Crippen LogP contribution >= 0.6 is 0 Å². The number of nitrogens with two attached hydrogens (primary N) is 1. The minimum absolute atomic E-state index is 0.0654. The summed E-state index contributed by atoms with van der Waals surface area (Å²) >= 11 is 0. The minimum Gasteiger partial charge on any atom is -0.377 e. The van der Waals surface area contributed by atoms with E-state index in [2.05, 4.69) is 0 Å². The fourth-order valence-corrected chi connectivity index (χ4v) is 3.92. The molecule has 0 fully saturated rings. The number of rotatable bonds is 5. The molecule has 0 saturated heterocycles. The molecule has 4 heteroatoms. The van der Waals surface area contributed by atoms with E-state index in [0.717, 1.165) is 5.19 Å². The molecule has 90 valence electrons. The molecule has 0 aliphatic carbocycles. The summed E-state index contributed by atoms with van der Waals surface area (Å²) < 4.78 is 11.7. The molecule has 1 aromatic carbocycles. The lowest BCUT2D eigenvalue weighted by Gasteiger charge is -2.30. The van der Waals surface area contributed by atoms with Gasteiger partial charge in [-0.2, -0.15) is 0 Å². The molecule has 0 amide bonds. The van der Waals surface area contributed by atoms with Crippen LogP contribution in [0.1, 0.15) is 27.7 Å². The molecule has 0 atom stereocenters. The normalized spacial score (nSPS) is 12.4. The summed E-state index contributed by atoms with van der Waals surface area (Å²) in [5.41, 5.74) is 0. The van der Waals surface area contributed by atoms with Gasteiger partial charge in [0.2, 0.25) is 0 Å². The van der Waals surface area contributed by atoms with E-state index in [1.54, 1.807) is 0 Å². The Morgan fingerprint density at radius 1 is 0.938 bits per heavy atom. The van der Waals surface area contributed by atoms with Gasteiger partial charge in [-0.05, 0) is 27.7 Å². The largest absolute Gasteiger partial charge is 0.458 e. The Labute approximate surface area is 98.9 Å². The van der Waals surface area contributed by atoms with E-state index in [0.29, 0.717) is 0 Å². The van der Waals surface area contributed by atoms with Crippen LogP contribution in [0.5, 0.6) is 0 Å². The molecule has 0 heterocycles. The van der Waals surface area contributed by atoms with E-state index in [4.69, 9.17) is 14.3 Å². The van der Waals surface area contributed by atoms with Gasteiger partial charge in [0, 0.05) is 17.4 Å². The van der Waals surface area contributed by atoms with Crippen molar-refractivity contribution in [2.45, 2.75) is 39.9 Å². The van der Waals surface area contributed by atoms with Gasteiger partial charge in [0.25, 0.3) is 0 Å². The van der Waals surface area contributed by atoms with Gasteiger partial charge < -0.3 is 14.3 Å². The van der Waals surface area contributed by atoms with Gasteiger partial charge in [0.05, 0.1) is 0 Å². The van der Waals surface area contributed by atoms with E-state index >= 15 is 0 Å². The van der Waals surface area contributed by atoms with E-state index in [-0.39, 0.29) is 12.2 Å². The summed E-state index contributed by atoms with van der Waals surface area (Å²) in [5, 5.41) is 7.29. The zero-order chi connectivity index (χ0) is 12.2. The molecule has 0 saturated carbocycles. The van der Waals surface area contributed by atoms with Gasteiger partial charge in [-0.25, -0.2) is 0 Å². The summed E-state index contributed by atoms with van der Waals surface area (Å²) in [6.07, 6.45) is 0.131. The van der Waals surface area contributed by atoms with E-state index in [1.807, 2.05) is 58.0 Å². The second kappa shape index (κ2) is 5.59. The zero-order valence-corrected chi connectivity index (χ0v) is 11.4. The number of hydrogen-bond donors (Lipinski definition) is 1. The summed E-state index contributed by atoms with van der Waals surface area (Å²) in [6.45, 7) is 7.89. The van der Waals surface area contributed by atoms with Crippen LogP contribution in [-0.4, -0.2) is 20.9 Å². The van der Waals surface area contributed by atoms with Gasteiger partial charge in [-0.1, -0.05) is 30.3 Å². The van der Waals surface area contributed by atoms with Crippen molar-refractivity contribution in [2.75, 3.05) is 0 Å². The van der Waals surface area contributed by atoms with Crippen molar-refractivity contribution in [1.82, 2.24) is 0 Å². The van der Waals surface area contributed by atoms with Crippen LogP contribution in [0.15, 0.2) is 30.3 Å². The van der Waals surface area contributed by atoms with Gasteiger partial charge >= 0.3 is 8.72 Å². The second-order valence-electron chi connectivity index (χ2n) is 4.37. The highest BCUT2D eigenvalue weighted by Crippen LogP contribution is 2.08. The Hall–Kier alpha value is -0.683. The highest BCUT2D eigenvalue weighted by Gasteiger charge is 2.38. The molecule has 16 heavy (non-hydrogen) atoms. The first-order valence-corrected chi connectivity index (χ1v) is 7.53. The first-order valence-electron chi connectivity index (χ1n) is 5.64. The van der Waals surface area contributed by atoms with E-state index < -0.39 is 8.72 Å². The highest BCUT2D eigenvalue weighted by atomic mass is 28.4. The van der Waals surface area contributed by atoms with Crippen LogP contribution in [0.25, 0.3) is 0 Å². The highest BCUT2D eigenvalue weighted by molar-refractivity contribution is 6.78. The van der Waals surface area contributed by atoms with Crippen molar-refractivity contribution in [3.63, 3.8) is 0 Å². The maximum atomic E-state index is 6.32. The number of benzene rings is 1. The maximum absolute atomic E-state index is 6.32. The average Bonchev–Trinajstić information content (AvgIpc) is 2.16. The SMILES string of the molecule is CC(C)O[Si](N)(OC(C)C)c1ccccc1. The Balaban J connectivity index is 2.95. The van der Waals surface area contributed by atoms with Gasteiger partial charge in [0.15, 0.2) is 0 Å². The van der Waals surface area contributed by atoms with Crippen LogP contribution in [0.4, 0.5) is 0 Å². The quantitative estimate of drug-likeness (QED) is 0.795. The van der Waals surface area contributed by atoms with Crippen LogP contribution in [0, 0.1) is 0 Å². The number of hydrogen-bond acceptors (Lipinski definition) is 3. The van der Waals surface area contributed by atoms with Crippen molar-refractivity contribution in [2.24, 2.45) is 5.40 Å². The molecule has 1 rings (SSSR count). The van der Waals surface area contributed by atoms with Crippen LogP contribution in [0.3, 0.4) is 0 Å². The Morgan fingerprint density at radius 3 is 1.75 bits per heavy atom. The lowest BCUT2D eigenvalue weighted by atomic mass is 10.4. The second-order valence-corrected chi connectivity index (χ2v) is 6.75. The summed E-state index contributed by atoms with van der Waals surface area (Å²) in [5.74, 6) is 0. The van der Waals surface area contributed by atoms with Crippen molar-refractivity contribution in [3.8, 4) is 0 Å². The Bertz CT molecular complexity index is 304. The van der Waals surface area contributed by atoms with Crippen LogP contribution in [-0.2, 0) is 8.85 Å². The molecule has 3 nitrogen and oxygen atoms in total. The monoisotopic (exact) mass is 239 g/mol. The van der Waals surface area contributed by atoms with Crippen molar-refractivity contribution in [1.29, 1.82) is 0 Å². The first kappa shape index (κ1) is 13.4. The molecule has 0 aromatic heterocycles. The molecule has 0 bridgehead atoms. The molecule has 0 aliphatic rings. The van der Waals surface area contributed by atoms with Gasteiger partial charge in [-0.15, -0.1) is 0 Å². The van der Waals surface area contributed by atoms with Gasteiger partial charge in [-0.3, -0.25) is 0 Å². The third-order valence-corrected chi connectivity index (χ3v) is 4.78. The van der Waals surface area contributed by atoms with Crippen molar-refractivity contribution >= 4 is 13.9 Å². The summed E-state index contributed by atoms with van der Waals surface area (Å²) in [4.78, 5) is 0. The predicted molar refractivity (Wildman–Crippen MR) is 68.5 cm³/mol. The molecule has 0 spiro atoms. The molecule has 0 aliphatic heterocycles. The molecule has 1 aromatic rings. The predicted octanol–water partition coefficient (Wildman–Crippen LogP) is 1.64. The lowest BCUT2D eigenvalue weighted by molar-refractivity contribution is 0.116. The standard InChI is InChI=1S/C12H21NO2Si/c1-10(2)14-16(13,15-11(3)4)12-8-6-5-7-9-12/h5-11H,13H2,1-4H3. The van der Waals surface area contributed by atoms with Crippen molar-refractivity contribution < 1.29 is 8.85 Å². The maximum Gasteiger partial charge on any atom is 0.458 e. The average molecular weight is 239 g/mol. The molecule has 0 radical (unpaired) electrons.